The number of rotatable bonds is 1. The van der Waals surface area contributed by atoms with Crippen molar-refractivity contribution in [1.29, 1.82) is 0 Å². The predicted molar refractivity (Wildman–Crippen MR) is 44.5 cm³/mol. The van der Waals surface area contributed by atoms with Crippen molar-refractivity contribution < 1.29 is 21.0 Å². The van der Waals surface area contributed by atoms with Gasteiger partial charge in [-0.1, -0.05) is 0 Å². The Hall–Kier alpha value is -0.672. The van der Waals surface area contributed by atoms with Crippen molar-refractivity contribution in [2.75, 3.05) is 0 Å². The van der Waals surface area contributed by atoms with E-state index in [1.807, 2.05) is 0 Å². The van der Waals surface area contributed by atoms with Gasteiger partial charge >= 0.3 is 82.7 Å². The van der Waals surface area contributed by atoms with Gasteiger partial charge in [0.25, 0.3) is 0 Å². The van der Waals surface area contributed by atoms with Crippen LogP contribution in [0.5, 0.6) is 0 Å². The van der Waals surface area contributed by atoms with Gasteiger partial charge in [-0.25, -0.2) is 0 Å². The topological polar surface area (TPSA) is 37.3 Å². The number of alkyl halides is 3. The first-order valence-corrected chi connectivity index (χ1v) is 6.21. The Morgan fingerprint density at radius 2 is 1.93 bits per heavy atom. The molecule has 0 fully saturated rings. The molecular weight excluding hydrogens is 260 g/mol. The van der Waals surface area contributed by atoms with Crippen LogP contribution in [0.3, 0.4) is 0 Å². The molecule has 1 unspecified atom stereocenters. The molecule has 0 amide bonds. The minimum atomic E-state index is -4.47. The van der Waals surface area contributed by atoms with Crippen LogP contribution >= 0.6 is 0 Å². The fraction of sp³-hybridized carbons (Fsp3) is 0.250. The molecular formula is C8H7AsF3O2. The molecule has 6 heteroatoms. The summed E-state index contributed by atoms with van der Waals surface area (Å²) in [6.45, 7) is 1.20. The fourth-order valence-corrected chi connectivity index (χ4v) is 2.44. The van der Waals surface area contributed by atoms with Gasteiger partial charge in [0.05, 0.1) is 0 Å². The van der Waals surface area contributed by atoms with Crippen molar-refractivity contribution in [2.24, 2.45) is 0 Å². The molecule has 0 aliphatic heterocycles. The molecule has 2 nitrogen and oxygen atoms in total. The predicted octanol–water partition coefficient (Wildman–Crippen LogP) is 1.13. The van der Waals surface area contributed by atoms with Gasteiger partial charge in [0.2, 0.25) is 0 Å². The Labute approximate surface area is 83.2 Å². The first kappa shape index (κ1) is 11.4. The van der Waals surface area contributed by atoms with Gasteiger partial charge in [0.1, 0.15) is 0 Å². The van der Waals surface area contributed by atoms with Crippen LogP contribution in [0.2, 0.25) is 0 Å². The maximum atomic E-state index is 12.3. The zero-order valence-corrected chi connectivity index (χ0v) is 9.05. The van der Waals surface area contributed by atoms with Crippen LogP contribution in [0.15, 0.2) is 18.2 Å². The van der Waals surface area contributed by atoms with E-state index in [1.54, 1.807) is 0 Å². The van der Waals surface area contributed by atoms with Crippen LogP contribution in [-0.2, 0) is 9.92 Å². The fourth-order valence-electron chi connectivity index (χ4n) is 1.14. The van der Waals surface area contributed by atoms with Gasteiger partial charge in [0, 0.05) is 0 Å². The molecule has 0 aliphatic carbocycles. The summed E-state index contributed by atoms with van der Waals surface area (Å²) in [7, 11) is 0. The zero-order valence-electron chi connectivity index (χ0n) is 7.17. The van der Waals surface area contributed by atoms with Crippen LogP contribution in [-0.4, -0.2) is 19.0 Å². The molecule has 0 aromatic heterocycles. The quantitative estimate of drug-likeness (QED) is 0.774. The van der Waals surface area contributed by atoms with Crippen molar-refractivity contribution in [3.8, 4) is 0 Å². The number of benzene rings is 1. The Morgan fingerprint density at radius 3 is 2.36 bits per heavy atom. The number of hydrogen-bond donors (Lipinski definition) is 1. The molecule has 77 valence electrons. The molecule has 1 N–H and O–H groups in total. The molecule has 1 aromatic rings. The van der Waals surface area contributed by atoms with Crippen molar-refractivity contribution in [3.05, 3.63) is 29.3 Å². The first-order chi connectivity index (χ1) is 6.34. The van der Waals surface area contributed by atoms with E-state index >= 15 is 0 Å². The zero-order chi connectivity index (χ0) is 10.9. The normalized spacial score (nSPS) is 12.8. The van der Waals surface area contributed by atoms with Crippen LogP contribution < -0.4 is 4.35 Å². The summed E-state index contributed by atoms with van der Waals surface area (Å²) >= 11 is -3.48. The third-order valence-electron chi connectivity index (χ3n) is 1.82. The summed E-state index contributed by atoms with van der Waals surface area (Å²) in [5.41, 5.74) is -1.00. The van der Waals surface area contributed by atoms with E-state index in [4.69, 9.17) is 4.10 Å². The van der Waals surface area contributed by atoms with Gasteiger partial charge in [-0.15, -0.1) is 0 Å². The number of halogens is 3. The van der Waals surface area contributed by atoms with Gasteiger partial charge in [-0.05, 0) is 0 Å². The second-order valence-corrected chi connectivity index (χ2v) is 4.88. The third-order valence-corrected chi connectivity index (χ3v) is 3.70. The van der Waals surface area contributed by atoms with Crippen molar-refractivity contribution in [1.82, 2.24) is 0 Å². The summed E-state index contributed by atoms with van der Waals surface area (Å²) in [6, 6.07) is 3.29. The van der Waals surface area contributed by atoms with Gasteiger partial charge < -0.3 is 0 Å². The molecule has 1 atom stereocenters. The van der Waals surface area contributed by atoms with Crippen LogP contribution in [0.4, 0.5) is 13.2 Å². The second kappa shape index (κ2) is 3.83. The molecule has 0 spiro atoms. The summed E-state index contributed by atoms with van der Waals surface area (Å²) in [4.78, 5) is 0. The summed E-state index contributed by atoms with van der Waals surface area (Å²) in [5, 5.41) is 0. The van der Waals surface area contributed by atoms with Crippen molar-refractivity contribution in [3.63, 3.8) is 0 Å². The minimum absolute atomic E-state index is 0.0904. The summed E-state index contributed by atoms with van der Waals surface area (Å²) in [5.74, 6) is 0. The van der Waals surface area contributed by atoms with E-state index in [-0.39, 0.29) is 9.91 Å². The Morgan fingerprint density at radius 1 is 1.36 bits per heavy atom. The average molecular weight is 267 g/mol. The SMILES string of the molecule is Cc1c([As](=O)O)cccc1C(F)(F)F. The van der Waals surface area contributed by atoms with Crippen LogP contribution in [0, 0.1) is 6.92 Å². The Balaban J connectivity index is 3.35. The van der Waals surface area contributed by atoms with Crippen molar-refractivity contribution in [2.45, 2.75) is 13.1 Å². The van der Waals surface area contributed by atoms with E-state index in [1.165, 1.54) is 13.0 Å². The Kier molecular flexibility index (Phi) is 3.12. The van der Waals surface area contributed by atoms with E-state index < -0.39 is 26.7 Å². The van der Waals surface area contributed by atoms with Gasteiger partial charge in [-0.3, -0.25) is 0 Å². The van der Waals surface area contributed by atoms with Crippen LogP contribution in [0.1, 0.15) is 11.1 Å². The molecule has 14 heavy (non-hydrogen) atoms. The molecule has 1 rings (SSSR count). The van der Waals surface area contributed by atoms with Gasteiger partial charge in [0.15, 0.2) is 0 Å². The number of hydrogen-bond acceptors (Lipinski definition) is 1. The maximum absolute atomic E-state index is 12.3. The van der Waals surface area contributed by atoms with E-state index in [0.717, 1.165) is 12.1 Å². The monoisotopic (exact) mass is 267 g/mol. The van der Waals surface area contributed by atoms with E-state index in [0.29, 0.717) is 0 Å². The molecule has 0 aliphatic rings. The first-order valence-electron chi connectivity index (χ1n) is 3.67. The van der Waals surface area contributed by atoms with E-state index in [9.17, 15) is 16.9 Å². The molecule has 0 saturated carbocycles. The van der Waals surface area contributed by atoms with Crippen molar-refractivity contribution >= 4 is 19.3 Å². The molecule has 0 saturated heterocycles. The average Bonchev–Trinajstić information content (AvgIpc) is 2.01. The standard InChI is InChI=1S/C8H7AsF3O2/c1-5-6(8(10,11)12)3-2-4-7(5)9(13)14/h2-4H,1H3,(H,13,14). The summed E-state index contributed by atoms with van der Waals surface area (Å²) in [6.07, 6.45) is -4.47. The van der Waals surface area contributed by atoms with Crippen LogP contribution in [0.25, 0.3) is 0 Å². The third kappa shape index (κ3) is 2.22. The molecule has 1 radical (unpaired) electrons. The second-order valence-electron chi connectivity index (χ2n) is 2.72. The van der Waals surface area contributed by atoms with E-state index in [2.05, 4.69) is 0 Å². The molecule has 0 heterocycles. The molecule has 1 aromatic carbocycles. The van der Waals surface area contributed by atoms with Gasteiger partial charge in [-0.2, -0.15) is 0 Å². The summed E-state index contributed by atoms with van der Waals surface area (Å²) < 4.78 is 56.5. The molecule has 0 bridgehead atoms. The Bertz CT molecular complexity index is 373.